The summed E-state index contributed by atoms with van der Waals surface area (Å²) < 4.78 is 6.78. The van der Waals surface area contributed by atoms with Gasteiger partial charge in [0.2, 0.25) is 0 Å². The van der Waals surface area contributed by atoms with Gasteiger partial charge in [0.1, 0.15) is 12.1 Å². The molecule has 3 aromatic rings. The molecule has 0 aliphatic heterocycles. The number of methoxy groups -OCH3 is 1. The third kappa shape index (κ3) is 3.69. The molecule has 0 saturated carbocycles. The van der Waals surface area contributed by atoms with Crippen molar-refractivity contribution in [1.29, 1.82) is 0 Å². The van der Waals surface area contributed by atoms with E-state index < -0.39 is 0 Å². The number of hydrogen-bond acceptors (Lipinski definition) is 7. The second kappa shape index (κ2) is 7.84. The number of anilines is 1. The second-order valence-corrected chi connectivity index (χ2v) is 5.93. The first-order valence-electron chi connectivity index (χ1n) is 7.50. The lowest BCUT2D eigenvalue weighted by atomic mass is 10.4. The molecule has 126 valence electrons. The molecule has 3 heterocycles. The standard InChI is InChI=1S/C15H18N6O2S/c1-23-7-5-16-13-11-9-20-21(14(11)19-10-18-13)6-4-17-15(22)12-3-2-8-24-12/h2-3,8-10H,4-7H2,1H3,(H,17,22)(H,16,18,19). The van der Waals surface area contributed by atoms with Gasteiger partial charge < -0.3 is 15.4 Å². The van der Waals surface area contributed by atoms with E-state index in [1.165, 1.54) is 17.7 Å². The zero-order valence-corrected chi connectivity index (χ0v) is 14.0. The van der Waals surface area contributed by atoms with Gasteiger partial charge in [-0.05, 0) is 11.4 Å². The number of thiophene rings is 1. The van der Waals surface area contributed by atoms with Gasteiger partial charge >= 0.3 is 0 Å². The Balaban J connectivity index is 1.63. The predicted molar refractivity (Wildman–Crippen MR) is 92.3 cm³/mol. The zero-order chi connectivity index (χ0) is 16.8. The van der Waals surface area contributed by atoms with Crippen molar-refractivity contribution in [3.05, 3.63) is 34.9 Å². The van der Waals surface area contributed by atoms with Crippen LogP contribution in [0.5, 0.6) is 0 Å². The molecule has 0 radical (unpaired) electrons. The number of carbonyl (C=O) groups excluding carboxylic acids is 1. The molecule has 8 nitrogen and oxygen atoms in total. The van der Waals surface area contributed by atoms with E-state index in [1.807, 2.05) is 11.4 Å². The lowest BCUT2D eigenvalue weighted by molar-refractivity contribution is 0.0956. The average Bonchev–Trinajstić information content (AvgIpc) is 3.25. The van der Waals surface area contributed by atoms with Crippen molar-refractivity contribution in [3.63, 3.8) is 0 Å². The molecule has 2 N–H and O–H groups in total. The van der Waals surface area contributed by atoms with Gasteiger partial charge in [-0.2, -0.15) is 5.10 Å². The molecular weight excluding hydrogens is 328 g/mol. The summed E-state index contributed by atoms with van der Waals surface area (Å²) in [5, 5.41) is 13.1. The van der Waals surface area contributed by atoms with Crippen molar-refractivity contribution in [2.75, 3.05) is 32.1 Å². The smallest absolute Gasteiger partial charge is 0.261 e. The van der Waals surface area contributed by atoms with Gasteiger partial charge in [0.05, 0.1) is 29.6 Å². The van der Waals surface area contributed by atoms with Gasteiger partial charge in [0.25, 0.3) is 5.91 Å². The van der Waals surface area contributed by atoms with Crippen LogP contribution in [0, 0.1) is 0 Å². The van der Waals surface area contributed by atoms with Gasteiger partial charge in [0, 0.05) is 20.2 Å². The molecule has 0 spiro atoms. The number of aromatic nitrogens is 4. The van der Waals surface area contributed by atoms with E-state index in [0.29, 0.717) is 31.1 Å². The van der Waals surface area contributed by atoms with Crippen LogP contribution in [0.3, 0.4) is 0 Å². The molecular formula is C15H18N6O2S. The Bertz CT molecular complexity index is 802. The van der Waals surface area contributed by atoms with Crippen LogP contribution in [-0.2, 0) is 11.3 Å². The molecule has 0 fully saturated rings. The fraction of sp³-hybridized carbons (Fsp3) is 0.333. The second-order valence-electron chi connectivity index (χ2n) is 4.98. The normalized spacial score (nSPS) is 10.9. The van der Waals surface area contributed by atoms with Gasteiger partial charge in [-0.1, -0.05) is 6.07 Å². The molecule has 1 amide bonds. The van der Waals surface area contributed by atoms with E-state index in [0.717, 1.165) is 16.9 Å². The highest BCUT2D eigenvalue weighted by atomic mass is 32.1. The summed E-state index contributed by atoms with van der Waals surface area (Å²) in [6.07, 6.45) is 3.23. The summed E-state index contributed by atoms with van der Waals surface area (Å²) in [7, 11) is 1.65. The van der Waals surface area contributed by atoms with E-state index in [1.54, 1.807) is 24.1 Å². The number of ether oxygens (including phenoxy) is 1. The quantitative estimate of drug-likeness (QED) is 0.599. The van der Waals surface area contributed by atoms with Crippen LogP contribution in [0.4, 0.5) is 5.82 Å². The first-order chi connectivity index (χ1) is 11.8. The van der Waals surface area contributed by atoms with Crippen LogP contribution < -0.4 is 10.6 Å². The van der Waals surface area contributed by atoms with Crippen molar-refractivity contribution >= 4 is 34.1 Å². The van der Waals surface area contributed by atoms with Crippen molar-refractivity contribution in [3.8, 4) is 0 Å². The number of amides is 1. The number of rotatable bonds is 8. The molecule has 3 rings (SSSR count). The minimum Gasteiger partial charge on any atom is -0.383 e. The molecule has 0 aliphatic rings. The van der Waals surface area contributed by atoms with E-state index >= 15 is 0 Å². The fourth-order valence-electron chi connectivity index (χ4n) is 2.24. The monoisotopic (exact) mass is 346 g/mol. The maximum atomic E-state index is 11.9. The van der Waals surface area contributed by atoms with Gasteiger partial charge in [-0.15, -0.1) is 11.3 Å². The lowest BCUT2D eigenvalue weighted by Gasteiger charge is -2.07. The van der Waals surface area contributed by atoms with Crippen LogP contribution in [-0.4, -0.2) is 52.5 Å². The summed E-state index contributed by atoms with van der Waals surface area (Å²) in [6, 6.07) is 3.66. The Morgan fingerprint density at radius 1 is 1.38 bits per heavy atom. The molecule has 0 atom stereocenters. The molecule has 0 unspecified atom stereocenters. The third-order valence-electron chi connectivity index (χ3n) is 3.39. The first kappa shape index (κ1) is 16.3. The van der Waals surface area contributed by atoms with Crippen LogP contribution >= 0.6 is 11.3 Å². The highest BCUT2D eigenvalue weighted by Gasteiger charge is 2.10. The van der Waals surface area contributed by atoms with Gasteiger partial charge in [-0.25, -0.2) is 14.6 Å². The number of nitrogens with zero attached hydrogens (tertiary/aromatic N) is 4. The van der Waals surface area contributed by atoms with E-state index in [9.17, 15) is 4.79 Å². The Hall–Kier alpha value is -2.52. The van der Waals surface area contributed by atoms with Gasteiger partial charge in [-0.3, -0.25) is 4.79 Å². The number of carbonyl (C=O) groups is 1. The SMILES string of the molecule is COCCNc1ncnc2c1cnn2CCNC(=O)c1cccs1. The fourth-order valence-corrected chi connectivity index (χ4v) is 2.88. The summed E-state index contributed by atoms with van der Waals surface area (Å²) >= 11 is 1.42. The Kier molecular flexibility index (Phi) is 5.34. The van der Waals surface area contributed by atoms with Crippen LogP contribution in [0.1, 0.15) is 9.67 Å². The minimum atomic E-state index is -0.0713. The van der Waals surface area contributed by atoms with Crippen LogP contribution in [0.25, 0.3) is 11.0 Å². The maximum absolute atomic E-state index is 11.9. The molecule has 24 heavy (non-hydrogen) atoms. The van der Waals surface area contributed by atoms with Crippen molar-refractivity contribution in [1.82, 2.24) is 25.1 Å². The summed E-state index contributed by atoms with van der Waals surface area (Å²) in [4.78, 5) is 21.1. The molecule has 0 bridgehead atoms. The molecule has 0 saturated heterocycles. The Morgan fingerprint density at radius 2 is 2.29 bits per heavy atom. The van der Waals surface area contributed by atoms with E-state index in [-0.39, 0.29) is 5.91 Å². The molecule has 9 heteroatoms. The highest BCUT2D eigenvalue weighted by Crippen LogP contribution is 2.18. The first-order valence-corrected chi connectivity index (χ1v) is 8.38. The lowest BCUT2D eigenvalue weighted by Crippen LogP contribution is -2.26. The number of fused-ring (bicyclic) bond motifs is 1. The molecule has 3 aromatic heterocycles. The van der Waals surface area contributed by atoms with Crippen molar-refractivity contribution in [2.45, 2.75) is 6.54 Å². The van der Waals surface area contributed by atoms with Crippen LogP contribution in [0.15, 0.2) is 30.0 Å². The minimum absolute atomic E-state index is 0.0713. The third-order valence-corrected chi connectivity index (χ3v) is 4.25. The number of nitrogens with one attached hydrogen (secondary N) is 2. The largest absolute Gasteiger partial charge is 0.383 e. The van der Waals surface area contributed by atoms with Gasteiger partial charge in [0.15, 0.2) is 5.65 Å². The number of hydrogen-bond donors (Lipinski definition) is 2. The Labute approximate surface area is 142 Å². The van der Waals surface area contributed by atoms with Crippen LogP contribution in [0.2, 0.25) is 0 Å². The van der Waals surface area contributed by atoms with Crippen molar-refractivity contribution < 1.29 is 9.53 Å². The topological polar surface area (TPSA) is 94.0 Å². The summed E-state index contributed by atoms with van der Waals surface area (Å²) in [5.41, 5.74) is 0.732. The molecule has 0 aliphatic carbocycles. The predicted octanol–water partition coefficient (Wildman–Crippen LogP) is 1.38. The zero-order valence-electron chi connectivity index (χ0n) is 13.2. The van der Waals surface area contributed by atoms with Crippen molar-refractivity contribution in [2.24, 2.45) is 0 Å². The average molecular weight is 346 g/mol. The van der Waals surface area contributed by atoms with E-state index in [4.69, 9.17) is 4.74 Å². The highest BCUT2D eigenvalue weighted by molar-refractivity contribution is 7.12. The Morgan fingerprint density at radius 3 is 3.08 bits per heavy atom. The maximum Gasteiger partial charge on any atom is 0.261 e. The summed E-state index contributed by atoms with van der Waals surface area (Å²) in [6.45, 7) is 2.26. The summed E-state index contributed by atoms with van der Waals surface area (Å²) in [5.74, 6) is 0.656. The van der Waals surface area contributed by atoms with E-state index in [2.05, 4.69) is 25.7 Å². The molecule has 0 aromatic carbocycles.